The maximum atomic E-state index is 14.4. The molecule has 1 saturated heterocycles. The van der Waals surface area contributed by atoms with Gasteiger partial charge in [0, 0.05) is 12.1 Å². The summed E-state index contributed by atoms with van der Waals surface area (Å²) in [6, 6.07) is 0.952. The van der Waals surface area contributed by atoms with E-state index in [1.165, 1.54) is 13.2 Å². The average molecular weight is 433 g/mol. The van der Waals surface area contributed by atoms with Gasteiger partial charge < -0.3 is 20.1 Å². The third-order valence-corrected chi connectivity index (χ3v) is 5.77. The van der Waals surface area contributed by atoms with Crippen molar-refractivity contribution in [2.75, 3.05) is 20.3 Å². The highest BCUT2D eigenvalue weighted by molar-refractivity contribution is 5.82. The quantitative estimate of drug-likeness (QED) is 0.646. The van der Waals surface area contributed by atoms with Crippen LogP contribution in [0.25, 0.3) is 0 Å². The molecule has 1 atom stereocenters. The van der Waals surface area contributed by atoms with Gasteiger partial charge in [-0.2, -0.15) is 18.2 Å². The lowest BCUT2D eigenvalue weighted by Crippen LogP contribution is -2.40. The number of nitrogens with zero attached hydrogens (tertiary/aromatic N) is 1. The fraction of sp³-hybridized carbons (Fsp3) is 0.700. The van der Waals surface area contributed by atoms with Gasteiger partial charge >= 0.3 is 6.18 Å². The molecule has 0 bridgehead atoms. The zero-order valence-corrected chi connectivity index (χ0v) is 16.9. The smallest absolute Gasteiger partial charge is 0.391 e. The second-order valence-electron chi connectivity index (χ2n) is 7.88. The van der Waals surface area contributed by atoms with E-state index in [9.17, 15) is 22.4 Å². The van der Waals surface area contributed by atoms with Crippen molar-refractivity contribution in [1.82, 2.24) is 15.6 Å². The van der Waals surface area contributed by atoms with Crippen molar-refractivity contribution in [3.63, 3.8) is 0 Å². The first-order valence-corrected chi connectivity index (χ1v) is 10.2. The molecule has 3 rings (SSSR count). The van der Waals surface area contributed by atoms with Gasteiger partial charge in [-0.25, -0.2) is 4.39 Å². The summed E-state index contributed by atoms with van der Waals surface area (Å²) in [6.07, 6.45) is -1.60. The van der Waals surface area contributed by atoms with Crippen LogP contribution in [0.15, 0.2) is 6.07 Å². The van der Waals surface area contributed by atoms with E-state index >= 15 is 0 Å². The lowest BCUT2D eigenvalue weighted by Gasteiger charge is -2.29. The van der Waals surface area contributed by atoms with Gasteiger partial charge in [-0.3, -0.25) is 4.79 Å². The minimum absolute atomic E-state index is 0.0608. The molecule has 168 valence electrons. The fourth-order valence-corrected chi connectivity index (χ4v) is 3.97. The van der Waals surface area contributed by atoms with Crippen LogP contribution in [0.4, 0.5) is 17.6 Å². The Morgan fingerprint density at radius 3 is 2.57 bits per heavy atom. The Morgan fingerprint density at radius 1 is 1.23 bits per heavy atom. The number of amides is 1. The molecule has 10 heteroatoms. The summed E-state index contributed by atoms with van der Waals surface area (Å²) in [5.74, 6) is -2.33. The van der Waals surface area contributed by atoms with Crippen LogP contribution in [0.3, 0.4) is 0 Å². The molecule has 1 aliphatic carbocycles. The van der Waals surface area contributed by atoms with Gasteiger partial charge in [0.25, 0.3) is 5.88 Å². The molecular formula is C20H27F4N3O3. The summed E-state index contributed by atoms with van der Waals surface area (Å²) >= 11 is 0. The first-order chi connectivity index (χ1) is 14.3. The van der Waals surface area contributed by atoms with Gasteiger partial charge in [-0.15, -0.1) is 0 Å². The summed E-state index contributed by atoms with van der Waals surface area (Å²) < 4.78 is 63.4. The Kier molecular flexibility index (Phi) is 7.38. The van der Waals surface area contributed by atoms with Crippen molar-refractivity contribution in [2.24, 2.45) is 11.8 Å². The van der Waals surface area contributed by atoms with Crippen LogP contribution in [0, 0.1) is 17.7 Å². The lowest BCUT2D eigenvalue weighted by atomic mass is 9.82. The molecule has 1 aliphatic heterocycles. The molecule has 2 heterocycles. The number of nitrogens with one attached hydrogen (secondary N) is 2. The number of ether oxygens (including phenoxy) is 2. The molecule has 1 saturated carbocycles. The van der Waals surface area contributed by atoms with E-state index in [0.29, 0.717) is 18.4 Å². The molecule has 2 fully saturated rings. The van der Waals surface area contributed by atoms with Gasteiger partial charge in [0.2, 0.25) is 11.8 Å². The zero-order valence-electron chi connectivity index (χ0n) is 16.9. The van der Waals surface area contributed by atoms with Crippen molar-refractivity contribution >= 4 is 5.91 Å². The first-order valence-electron chi connectivity index (χ1n) is 10.2. The Morgan fingerprint density at radius 2 is 1.97 bits per heavy atom. The molecule has 2 N–H and O–H groups in total. The van der Waals surface area contributed by atoms with Crippen molar-refractivity contribution in [2.45, 2.75) is 57.3 Å². The summed E-state index contributed by atoms with van der Waals surface area (Å²) in [5.41, 5.74) is 0.374. The van der Waals surface area contributed by atoms with Gasteiger partial charge in [-0.05, 0) is 57.1 Å². The molecule has 2 aliphatic rings. The number of alkyl halides is 3. The standard InChI is InChI=1S/C20H27F4N3O3/c1-29-18-13(10-26-17(28)16-3-2-8-25-16)9-15(21)19(27-18)30-11-12-4-6-14(7-5-12)20(22,23)24/h9,12,14,16,25H,2-8,10-11H2,1H3,(H,26,28). The molecule has 1 amide bonds. The van der Waals surface area contributed by atoms with Crippen LogP contribution in [0.2, 0.25) is 0 Å². The zero-order chi connectivity index (χ0) is 21.7. The van der Waals surface area contributed by atoms with E-state index in [2.05, 4.69) is 15.6 Å². The second-order valence-corrected chi connectivity index (χ2v) is 7.88. The summed E-state index contributed by atoms with van der Waals surface area (Å²) in [5, 5.41) is 5.83. The minimum atomic E-state index is -4.16. The van der Waals surface area contributed by atoms with Crippen LogP contribution in [0.5, 0.6) is 11.8 Å². The largest absolute Gasteiger partial charge is 0.481 e. The SMILES string of the molecule is COc1nc(OCC2CCC(C(F)(F)F)CC2)c(F)cc1CNC(=O)C1CCCN1. The van der Waals surface area contributed by atoms with Crippen LogP contribution in [-0.4, -0.2) is 43.4 Å². The number of hydrogen-bond donors (Lipinski definition) is 2. The lowest BCUT2D eigenvalue weighted by molar-refractivity contribution is -0.184. The minimum Gasteiger partial charge on any atom is -0.481 e. The van der Waals surface area contributed by atoms with Crippen LogP contribution in [-0.2, 0) is 11.3 Å². The Bertz CT molecular complexity index is 731. The number of methoxy groups -OCH3 is 1. The summed E-state index contributed by atoms with van der Waals surface area (Å²) in [4.78, 5) is 16.1. The molecule has 6 nitrogen and oxygen atoms in total. The predicted octanol–water partition coefficient (Wildman–Crippen LogP) is 3.35. The molecule has 0 spiro atoms. The second kappa shape index (κ2) is 9.80. The third kappa shape index (κ3) is 5.74. The first kappa shape index (κ1) is 22.6. The molecule has 0 aromatic carbocycles. The number of aromatic nitrogens is 1. The number of rotatable bonds is 7. The Labute approximate surface area is 172 Å². The number of halogens is 4. The van der Waals surface area contributed by atoms with Crippen molar-refractivity contribution < 1.29 is 31.8 Å². The van der Waals surface area contributed by atoms with Crippen LogP contribution >= 0.6 is 0 Å². The number of carbonyl (C=O) groups excluding carboxylic acids is 1. The highest BCUT2D eigenvalue weighted by Gasteiger charge is 2.41. The number of hydrogen-bond acceptors (Lipinski definition) is 5. The van der Waals surface area contributed by atoms with Gasteiger partial charge in [0.1, 0.15) is 0 Å². The normalized spacial score (nSPS) is 24.5. The predicted molar refractivity (Wildman–Crippen MR) is 101 cm³/mol. The topological polar surface area (TPSA) is 72.5 Å². The molecule has 1 unspecified atom stereocenters. The van der Waals surface area contributed by atoms with E-state index < -0.39 is 17.9 Å². The average Bonchev–Trinajstić information content (AvgIpc) is 3.26. The molecular weight excluding hydrogens is 406 g/mol. The number of pyridine rings is 1. The van der Waals surface area contributed by atoms with Gasteiger partial charge in [-0.1, -0.05) is 0 Å². The molecule has 0 radical (unpaired) electrons. The fourth-order valence-electron chi connectivity index (χ4n) is 3.97. The van der Waals surface area contributed by atoms with Gasteiger partial charge in [0.05, 0.1) is 25.7 Å². The van der Waals surface area contributed by atoms with Gasteiger partial charge in [0.15, 0.2) is 5.82 Å². The third-order valence-electron chi connectivity index (χ3n) is 5.77. The highest BCUT2D eigenvalue weighted by Crippen LogP contribution is 2.39. The molecule has 1 aromatic heterocycles. The van der Waals surface area contributed by atoms with Crippen molar-refractivity contribution in [3.8, 4) is 11.8 Å². The van der Waals surface area contributed by atoms with Crippen LogP contribution in [0.1, 0.15) is 44.1 Å². The van der Waals surface area contributed by atoms with E-state index in [0.717, 1.165) is 19.4 Å². The van der Waals surface area contributed by atoms with Crippen molar-refractivity contribution in [1.29, 1.82) is 0 Å². The van der Waals surface area contributed by atoms with E-state index in [1.807, 2.05) is 0 Å². The summed E-state index contributed by atoms with van der Waals surface area (Å²) in [7, 11) is 1.38. The monoisotopic (exact) mass is 433 g/mol. The maximum absolute atomic E-state index is 14.4. The Hall–Kier alpha value is -2.10. The maximum Gasteiger partial charge on any atom is 0.391 e. The number of carbonyl (C=O) groups is 1. The Balaban J connectivity index is 1.54. The van der Waals surface area contributed by atoms with Crippen LogP contribution < -0.4 is 20.1 Å². The van der Waals surface area contributed by atoms with Crippen molar-refractivity contribution in [3.05, 3.63) is 17.4 Å². The van der Waals surface area contributed by atoms with E-state index in [-0.39, 0.29) is 55.6 Å². The van der Waals surface area contributed by atoms with E-state index in [1.54, 1.807) is 0 Å². The summed E-state index contributed by atoms with van der Waals surface area (Å²) in [6.45, 7) is 0.953. The van der Waals surface area contributed by atoms with E-state index in [4.69, 9.17) is 9.47 Å². The highest BCUT2D eigenvalue weighted by atomic mass is 19.4. The molecule has 1 aromatic rings. The molecule has 30 heavy (non-hydrogen) atoms.